The summed E-state index contributed by atoms with van der Waals surface area (Å²) in [5.74, 6) is 0.811. The second kappa shape index (κ2) is 4.56. The highest BCUT2D eigenvalue weighted by atomic mass is 32.2. The summed E-state index contributed by atoms with van der Waals surface area (Å²) < 4.78 is -0.481. The van der Waals surface area contributed by atoms with Gasteiger partial charge in [0.25, 0.3) is 0 Å². The maximum Gasteiger partial charge on any atom is 0.319 e. The molecule has 0 amide bonds. The van der Waals surface area contributed by atoms with E-state index in [1.807, 2.05) is 6.26 Å². The SMILES string of the molecule is CSC1(C(=O)O)CCC(C(C)C)CC1. The van der Waals surface area contributed by atoms with Crippen LogP contribution in [0.5, 0.6) is 0 Å². The quantitative estimate of drug-likeness (QED) is 0.788. The van der Waals surface area contributed by atoms with Crippen LogP contribution < -0.4 is 0 Å². The molecule has 0 aromatic rings. The summed E-state index contributed by atoms with van der Waals surface area (Å²) in [6, 6.07) is 0. The van der Waals surface area contributed by atoms with Crippen molar-refractivity contribution in [3.05, 3.63) is 0 Å². The van der Waals surface area contributed by atoms with E-state index in [1.165, 1.54) is 11.8 Å². The fraction of sp³-hybridized carbons (Fsp3) is 0.909. The molecule has 0 radical (unpaired) electrons. The van der Waals surface area contributed by atoms with Crippen molar-refractivity contribution in [2.24, 2.45) is 11.8 Å². The van der Waals surface area contributed by atoms with Crippen LogP contribution in [0.3, 0.4) is 0 Å². The van der Waals surface area contributed by atoms with Gasteiger partial charge in [0.05, 0.1) is 0 Å². The van der Waals surface area contributed by atoms with Gasteiger partial charge in [-0.15, -0.1) is 11.8 Å². The Morgan fingerprint density at radius 3 is 2.21 bits per heavy atom. The Hall–Kier alpha value is -0.180. The number of carboxylic acid groups (broad SMARTS) is 1. The minimum atomic E-state index is -0.618. The zero-order valence-corrected chi connectivity index (χ0v) is 10.1. The minimum Gasteiger partial charge on any atom is -0.480 e. The molecule has 0 spiro atoms. The molecular weight excluding hydrogens is 196 g/mol. The van der Waals surface area contributed by atoms with Crippen LogP contribution in [0, 0.1) is 11.8 Å². The van der Waals surface area contributed by atoms with Crippen molar-refractivity contribution in [3.8, 4) is 0 Å². The third-order valence-electron chi connectivity index (χ3n) is 3.56. The van der Waals surface area contributed by atoms with Gasteiger partial charge in [0.1, 0.15) is 4.75 Å². The Labute approximate surface area is 90.5 Å². The Morgan fingerprint density at radius 2 is 1.93 bits per heavy atom. The van der Waals surface area contributed by atoms with Gasteiger partial charge in [-0.2, -0.15) is 0 Å². The fourth-order valence-corrected chi connectivity index (χ4v) is 3.10. The lowest BCUT2D eigenvalue weighted by Gasteiger charge is -2.36. The van der Waals surface area contributed by atoms with E-state index in [0.29, 0.717) is 5.92 Å². The van der Waals surface area contributed by atoms with Crippen molar-refractivity contribution in [1.29, 1.82) is 0 Å². The van der Waals surface area contributed by atoms with Crippen molar-refractivity contribution < 1.29 is 9.90 Å². The van der Waals surface area contributed by atoms with Crippen molar-refractivity contribution in [1.82, 2.24) is 0 Å². The summed E-state index contributed by atoms with van der Waals surface area (Å²) in [4.78, 5) is 11.2. The average molecular weight is 216 g/mol. The number of aliphatic carboxylic acids is 1. The molecule has 1 aliphatic rings. The fourth-order valence-electron chi connectivity index (χ4n) is 2.28. The highest BCUT2D eigenvalue weighted by molar-refractivity contribution is 8.00. The van der Waals surface area contributed by atoms with Gasteiger partial charge >= 0.3 is 5.97 Å². The molecule has 1 fully saturated rings. The van der Waals surface area contributed by atoms with Crippen LogP contribution in [-0.4, -0.2) is 22.1 Å². The lowest BCUT2D eigenvalue weighted by Crippen LogP contribution is -2.39. The van der Waals surface area contributed by atoms with Gasteiger partial charge in [0.2, 0.25) is 0 Å². The van der Waals surface area contributed by atoms with E-state index in [-0.39, 0.29) is 0 Å². The molecular formula is C11H20O2S. The van der Waals surface area contributed by atoms with Crippen LogP contribution in [0.1, 0.15) is 39.5 Å². The molecule has 0 atom stereocenters. The number of hydrogen-bond acceptors (Lipinski definition) is 2. The van der Waals surface area contributed by atoms with E-state index >= 15 is 0 Å². The highest BCUT2D eigenvalue weighted by Gasteiger charge is 2.41. The first-order chi connectivity index (χ1) is 6.52. The molecule has 0 heterocycles. The molecule has 1 saturated carbocycles. The maximum absolute atomic E-state index is 11.2. The monoisotopic (exact) mass is 216 g/mol. The molecule has 0 aliphatic heterocycles. The highest BCUT2D eigenvalue weighted by Crippen LogP contribution is 2.42. The van der Waals surface area contributed by atoms with Gasteiger partial charge in [0.15, 0.2) is 0 Å². The van der Waals surface area contributed by atoms with E-state index in [4.69, 9.17) is 0 Å². The van der Waals surface area contributed by atoms with Crippen LogP contribution in [0.25, 0.3) is 0 Å². The third-order valence-corrected chi connectivity index (χ3v) is 4.93. The Morgan fingerprint density at radius 1 is 1.43 bits per heavy atom. The molecule has 0 saturated heterocycles. The lowest BCUT2D eigenvalue weighted by molar-refractivity contribution is -0.141. The van der Waals surface area contributed by atoms with Gasteiger partial charge in [-0.1, -0.05) is 13.8 Å². The zero-order valence-electron chi connectivity index (χ0n) is 9.25. The first-order valence-corrected chi connectivity index (χ1v) is 6.53. The number of carbonyl (C=O) groups is 1. The molecule has 2 nitrogen and oxygen atoms in total. The Balaban J connectivity index is 2.59. The second-order valence-corrected chi connectivity index (χ2v) is 5.77. The third kappa shape index (κ3) is 2.25. The summed E-state index contributed by atoms with van der Waals surface area (Å²) in [6.07, 6.45) is 5.75. The van der Waals surface area contributed by atoms with Gasteiger partial charge in [-0.25, -0.2) is 0 Å². The van der Waals surface area contributed by atoms with E-state index in [0.717, 1.165) is 31.6 Å². The van der Waals surface area contributed by atoms with Crippen molar-refractivity contribution in [3.63, 3.8) is 0 Å². The molecule has 1 N–H and O–H groups in total. The number of rotatable bonds is 3. The summed E-state index contributed by atoms with van der Waals surface area (Å²) in [6.45, 7) is 4.47. The zero-order chi connectivity index (χ0) is 10.8. The predicted octanol–water partition coefficient (Wildman–Crippen LogP) is 3.02. The number of hydrogen-bond donors (Lipinski definition) is 1. The predicted molar refractivity (Wildman–Crippen MR) is 60.7 cm³/mol. The van der Waals surface area contributed by atoms with Crippen LogP contribution in [0.4, 0.5) is 0 Å². The van der Waals surface area contributed by atoms with Crippen molar-refractivity contribution >= 4 is 17.7 Å². The molecule has 0 bridgehead atoms. The Kier molecular flexibility index (Phi) is 3.87. The topological polar surface area (TPSA) is 37.3 Å². The average Bonchev–Trinajstić information content (AvgIpc) is 2.17. The summed E-state index contributed by atoms with van der Waals surface area (Å²) in [5, 5.41) is 9.19. The maximum atomic E-state index is 11.2. The minimum absolute atomic E-state index is 0.481. The molecule has 14 heavy (non-hydrogen) atoms. The normalized spacial score (nSPS) is 33.3. The summed E-state index contributed by atoms with van der Waals surface area (Å²) in [7, 11) is 0. The first kappa shape index (κ1) is 11.9. The number of carboxylic acids is 1. The molecule has 82 valence electrons. The molecule has 0 aromatic carbocycles. The largest absolute Gasteiger partial charge is 0.480 e. The molecule has 1 aliphatic carbocycles. The molecule has 3 heteroatoms. The van der Waals surface area contributed by atoms with Crippen LogP contribution in [-0.2, 0) is 4.79 Å². The smallest absolute Gasteiger partial charge is 0.319 e. The lowest BCUT2D eigenvalue weighted by atomic mass is 9.76. The Bertz CT molecular complexity index is 205. The standard InChI is InChI=1S/C11H20O2S/c1-8(2)9-4-6-11(14-3,7-5-9)10(12)13/h8-9H,4-7H2,1-3H3,(H,12,13). The van der Waals surface area contributed by atoms with E-state index in [1.54, 1.807) is 0 Å². The number of thioether (sulfide) groups is 1. The van der Waals surface area contributed by atoms with Crippen LogP contribution in [0.2, 0.25) is 0 Å². The van der Waals surface area contributed by atoms with Crippen LogP contribution >= 0.6 is 11.8 Å². The van der Waals surface area contributed by atoms with Crippen molar-refractivity contribution in [2.75, 3.05) is 6.26 Å². The summed E-state index contributed by atoms with van der Waals surface area (Å²) in [5.41, 5.74) is 0. The summed E-state index contributed by atoms with van der Waals surface area (Å²) >= 11 is 1.52. The molecule has 0 unspecified atom stereocenters. The molecule has 0 aromatic heterocycles. The van der Waals surface area contributed by atoms with Crippen LogP contribution in [0.15, 0.2) is 0 Å². The second-order valence-electron chi connectivity index (χ2n) is 4.59. The van der Waals surface area contributed by atoms with Gasteiger partial charge < -0.3 is 5.11 Å². The van der Waals surface area contributed by atoms with Gasteiger partial charge in [-0.05, 0) is 43.8 Å². The van der Waals surface area contributed by atoms with E-state index in [2.05, 4.69) is 13.8 Å². The molecule has 1 rings (SSSR count). The van der Waals surface area contributed by atoms with Gasteiger partial charge in [-0.3, -0.25) is 4.79 Å². The van der Waals surface area contributed by atoms with Crippen molar-refractivity contribution in [2.45, 2.75) is 44.3 Å². The van der Waals surface area contributed by atoms with E-state index in [9.17, 15) is 9.90 Å². The van der Waals surface area contributed by atoms with Gasteiger partial charge in [0, 0.05) is 0 Å². The van der Waals surface area contributed by atoms with E-state index < -0.39 is 10.7 Å². The first-order valence-electron chi connectivity index (χ1n) is 5.30.